The molecule has 1 N–H and O–H groups in total. The first-order chi connectivity index (χ1) is 10.9. The van der Waals surface area contributed by atoms with Gasteiger partial charge in [0, 0.05) is 13.1 Å². The molecule has 23 heavy (non-hydrogen) atoms. The molecule has 2 aliphatic rings. The lowest BCUT2D eigenvalue weighted by Crippen LogP contribution is -2.41. The number of carbonyl (C=O) groups is 1. The number of likely N-dealkylation sites (tertiary alicyclic amines) is 2. The van der Waals surface area contributed by atoms with Crippen LogP contribution in [-0.4, -0.2) is 59.1 Å². The molecule has 2 atom stereocenters. The van der Waals surface area contributed by atoms with Gasteiger partial charge in [-0.2, -0.15) is 13.2 Å². The number of halogens is 3. The Morgan fingerprint density at radius 1 is 1.13 bits per heavy atom. The second-order valence-corrected chi connectivity index (χ2v) is 6.13. The molecule has 1 aromatic rings. The molecule has 0 aromatic heterocycles. The number of aliphatic hydroxyl groups excluding tert-OH is 1. The third-order valence-electron chi connectivity index (χ3n) is 4.62. The predicted molar refractivity (Wildman–Crippen MR) is 77.9 cm³/mol. The van der Waals surface area contributed by atoms with Crippen molar-refractivity contribution in [2.75, 3.05) is 26.2 Å². The van der Waals surface area contributed by atoms with E-state index in [4.69, 9.17) is 0 Å². The standard InChI is InChI=1S/C16H19F3N2O2/c17-16(18,19)12-6-2-1-5-11(12)15(23)21-9-13(14(22)10-21)20-7-3-4-8-20/h1-2,5-6,13-14,22H,3-4,7-10H2/t13-,14-/m1/s1. The van der Waals surface area contributed by atoms with E-state index in [9.17, 15) is 23.1 Å². The minimum absolute atomic E-state index is 0.0756. The molecule has 0 aliphatic carbocycles. The Bertz CT molecular complexity index is 585. The molecule has 1 aromatic carbocycles. The van der Waals surface area contributed by atoms with Crippen molar-refractivity contribution in [1.29, 1.82) is 0 Å². The highest BCUT2D eigenvalue weighted by Crippen LogP contribution is 2.33. The molecule has 0 radical (unpaired) electrons. The molecule has 0 unspecified atom stereocenters. The number of benzene rings is 1. The molecule has 3 rings (SSSR count). The van der Waals surface area contributed by atoms with E-state index in [2.05, 4.69) is 4.90 Å². The van der Waals surface area contributed by atoms with Gasteiger partial charge in [-0.1, -0.05) is 12.1 Å². The van der Waals surface area contributed by atoms with Crippen LogP contribution in [0.15, 0.2) is 24.3 Å². The van der Waals surface area contributed by atoms with E-state index < -0.39 is 23.8 Å². The van der Waals surface area contributed by atoms with Crippen molar-refractivity contribution in [3.05, 3.63) is 35.4 Å². The number of hydrogen-bond donors (Lipinski definition) is 1. The molecule has 2 fully saturated rings. The maximum absolute atomic E-state index is 13.1. The number of rotatable bonds is 2. The smallest absolute Gasteiger partial charge is 0.390 e. The summed E-state index contributed by atoms with van der Waals surface area (Å²) in [6.07, 6.45) is -3.18. The van der Waals surface area contributed by atoms with Crippen LogP contribution in [0.25, 0.3) is 0 Å². The van der Waals surface area contributed by atoms with Crippen molar-refractivity contribution in [2.45, 2.75) is 31.2 Å². The van der Waals surface area contributed by atoms with Crippen LogP contribution in [0.2, 0.25) is 0 Å². The Labute approximate surface area is 132 Å². The number of aliphatic hydroxyl groups is 1. The Hall–Kier alpha value is -1.60. The summed E-state index contributed by atoms with van der Waals surface area (Å²) in [6.45, 7) is 2.07. The third kappa shape index (κ3) is 3.21. The quantitative estimate of drug-likeness (QED) is 0.903. The summed E-state index contributed by atoms with van der Waals surface area (Å²) in [5, 5.41) is 10.2. The second-order valence-electron chi connectivity index (χ2n) is 6.13. The Morgan fingerprint density at radius 3 is 2.43 bits per heavy atom. The van der Waals surface area contributed by atoms with Crippen LogP contribution < -0.4 is 0 Å². The lowest BCUT2D eigenvalue weighted by Gasteiger charge is -2.25. The Kier molecular flexibility index (Phi) is 4.33. The molecule has 1 amide bonds. The van der Waals surface area contributed by atoms with Crippen LogP contribution in [0.1, 0.15) is 28.8 Å². The van der Waals surface area contributed by atoms with Gasteiger partial charge in [0.15, 0.2) is 0 Å². The van der Waals surface area contributed by atoms with E-state index in [0.29, 0.717) is 0 Å². The Morgan fingerprint density at radius 2 is 1.78 bits per heavy atom. The van der Waals surface area contributed by atoms with Gasteiger partial charge in [-0.3, -0.25) is 9.69 Å². The highest BCUT2D eigenvalue weighted by molar-refractivity contribution is 5.96. The van der Waals surface area contributed by atoms with E-state index in [1.807, 2.05) is 0 Å². The van der Waals surface area contributed by atoms with E-state index in [0.717, 1.165) is 32.0 Å². The zero-order chi connectivity index (χ0) is 16.6. The van der Waals surface area contributed by atoms with Crippen LogP contribution >= 0.6 is 0 Å². The molecule has 0 saturated carbocycles. The number of carbonyl (C=O) groups excluding carboxylic acids is 1. The predicted octanol–water partition coefficient (Wildman–Crippen LogP) is 1.99. The van der Waals surface area contributed by atoms with Gasteiger partial charge in [0.05, 0.1) is 23.3 Å². The van der Waals surface area contributed by atoms with Crippen molar-refractivity contribution < 1.29 is 23.1 Å². The van der Waals surface area contributed by atoms with Gasteiger partial charge in [0.2, 0.25) is 0 Å². The average molecular weight is 328 g/mol. The lowest BCUT2D eigenvalue weighted by molar-refractivity contribution is -0.138. The number of β-amino-alcohol motifs (C(OH)–C–C–N with tert-alkyl or cyclic N) is 1. The van der Waals surface area contributed by atoms with Crippen molar-refractivity contribution in [3.63, 3.8) is 0 Å². The first-order valence-electron chi connectivity index (χ1n) is 7.75. The lowest BCUT2D eigenvalue weighted by atomic mass is 10.1. The summed E-state index contributed by atoms with van der Waals surface area (Å²) in [5.41, 5.74) is -1.28. The summed E-state index contributed by atoms with van der Waals surface area (Å²) in [4.78, 5) is 16.0. The van der Waals surface area contributed by atoms with Crippen LogP contribution in [0.3, 0.4) is 0 Å². The number of alkyl halides is 3. The van der Waals surface area contributed by atoms with Gasteiger partial charge < -0.3 is 10.0 Å². The van der Waals surface area contributed by atoms with E-state index in [1.165, 1.54) is 23.1 Å². The van der Waals surface area contributed by atoms with Crippen LogP contribution in [0, 0.1) is 0 Å². The summed E-state index contributed by atoms with van der Waals surface area (Å²) in [5.74, 6) is -0.668. The van der Waals surface area contributed by atoms with E-state index in [1.54, 1.807) is 0 Å². The van der Waals surface area contributed by atoms with E-state index in [-0.39, 0.29) is 24.7 Å². The second kappa shape index (κ2) is 6.13. The molecule has 0 spiro atoms. The first-order valence-corrected chi connectivity index (χ1v) is 7.75. The molecule has 4 nitrogen and oxygen atoms in total. The van der Waals surface area contributed by atoms with Gasteiger partial charge in [-0.25, -0.2) is 0 Å². The molecule has 2 aliphatic heterocycles. The normalized spacial score (nSPS) is 26.0. The fraction of sp³-hybridized carbons (Fsp3) is 0.562. The summed E-state index contributed by atoms with van der Waals surface area (Å²) >= 11 is 0. The molecular formula is C16H19F3N2O2. The molecule has 126 valence electrons. The average Bonchev–Trinajstić information content (AvgIpc) is 3.14. The van der Waals surface area contributed by atoms with Gasteiger partial charge >= 0.3 is 6.18 Å². The minimum Gasteiger partial charge on any atom is -0.390 e. The van der Waals surface area contributed by atoms with Gasteiger partial charge in [-0.15, -0.1) is 0 Å². The molecule has 0 bridgehead atoms. The summed E-state index contributed by atoms with van der Waals surface area (Å²) in [7, 11) is 0. The molecule has 2 heterocycles. The highest BCUT2D eigenvalue weighted by atomic mass is 19.4. The zero-order valence-electron chi connectivity index (χ0n) is 12.6. The van der Waals surface area contributed by atoms with Crippen LogP contribution in [0.4, 0.5) is 13.2 Å². The van der Waals surface area contributed by atoms with Gasteiger partial charge in [0.1, 0.15) is 0 Å². The van der Waals surface area contributed by atoms with Crippen molar-refractivity contribution in [1.82, 2.24) is 9.80 Å². The summed E-state index contributed by atoms with van der Waals surface area (Å²) in [6, 6.07) is 4.62. The van der Waals surface area contributed by atoms with Crippen LogP contribution in [-0.2, 0) is 6.18 Å². The minimum atomic E-state index is -4.57. The van der Waals surface area contributed by atoms with E-state index >= 15 is 0 Å². The molecule has 7 heteroatoms. The maximum Gasteiger partial charge on any atom is 0.417 e. The van der Waals surface area contributed by atoms with Crippen molar-refractivity contribution >= 4 is 5.91 Å². The van der Waals surface area contributed by atoms with Crippen LogP contribution in [0.5, 0.6) is 0 Å². The van der Waals surface area contributed by atoms with Crippen molar-refractivity contribution in [3.8, 4) is 0 Å². The number of amides is 1. The fourth-order valence-corrected chi connectivity index (χ4v) is 3.45. The Balaban J connectivity index is 1.79. The zero-order valence-corrected chi connectivity index (χ0v) is 12.6. The monoisotopic (exact) mass is 328 g/mol. The number of nitrogens with zero attached hydrogens (tertiary/aromatic N) is 2. The maximum atomic E-state index is 13.1. The van der Waals surface area contributed by atoms with Gasteiger partial charge in [-0.05, 0) is 38.1 Å². The highest BCUT2D eigenvalue weighted by Gasteiger charge is 2.41. The molecular weight excluding hydrogens is 309 g/mol. The van der Waals surface area contributed by atoms with Gasteiger partial charge in [0.25, 0.3) is 5.91 Å². The topological polar surface area (TPSA) is 43.8 Å². The first kappa shape index (κ1) is 16.3. The summed E-state index contributed by atoms with van der Waals surface area (Å²) < 4.78 is 39.2. The SMILES string of the molecule is O=C(c1ccccc1C(F)(F)F)N1C[C@@H](O)[C@H](N2CCCC2)C1. The largest absolute Gasteiger partial charge is 0.417 e. The fourth-order valence-electron chi connectivity index (χ4n) is 3.45. The molecule has 2 saturated heterocycles. The number of hydrogen-bond acceptors (Lipinski definition) is 3. The third-order valence-corrected chi connectivity index (χ3v) is 4.62. The van der Waals surface area contributed by atoms with Crippen molar-refractivity contribution in [2.24, 2.45) is 0 Å².